The van der Waals surface area contributed by atoms with E-state index in [0.717, 1.165) is 35.5 Å². The zero-order valence-corrected chi connectivity index (χ0v) is 24.2. The Kier molecular flexibility index (Phi) is 7.39. The maximum Gasteiger partial charge on any atom is 0.420 e. The Bertz CT molecular complexity index is 1320. The van der Waals surface area contributed by atoms with E-state index in [0.29, 0.717) is 43.6 Å². The number of ether oxygens (including phenoxy) is 4. The fraction of sp³-hybridized carbons (Fsp3) is 0.500. The van der Waals surface area contributed by atoms with E-state index in [1.54, 1.807) is 11.1 Å². The Labute approximate surface area is 235 Å². The smallest absolute Gasteiger partial charge is 0.420 e. The van der Waals surface area contributed by atoms with E-state index in [9.17, 15) is 9.59 Å². The lowest BCUT2D eigenvalue weighted by Crippen LogP contribution is -2.38. The van der Waals surface area contributed by atoms with Crippen molar-refractivity contribution in [2.24, 2.45) is 0 Å². The highest BCUT2D eigenvalue weighted by atomic mass is 16.6. The van der Waals surface area contributed by atoms with E-state index in [2.05, 4.69) is 9.88 Å². The first-order chi connectivity index (χ1) is 18.9. The molecule has 1 aromatic heterocycles. The van der Waals surface area contributed by atoms with Gasteiger partial charge in [0.05, 0.1) is 24.5 Å². The first-order valence-electron chi connectivity index (χ1n) is 13.7. The molecule has 5 rings (SSSR count). The first-order valence-corrected chi connectivity index (χ1v) is 13.7. The van der Waals surface area contributed by atoms with Crippen LogP contribution in [0.2, 0.25) is 0 Å². The third-order valence-electron chi connectivity index (χ3n) is 6.66. The highest BCUT2D eigenvalue weighted by Crippen LogP contribution is 2.43. The molecule has 40 heavy (non-hydrogen) atoms. The van der Waals surface area contributed by atoms with E-state index in [-0.39, 0.29) is 12.7 Å². The maximum atomic E-state index is 13.7. The predicted octanol–water partition coefficient (Wildman–Crippen LogP) is 5.52. The molecule has 0 saturated carbocycles. The van der Waals surface area contributed by atoms with Crippen LogP contribution in [-0.4, -0.2) is 72.7 Å². The molecule has 214 valence electrons. The molecule has 0 N–H and O–H groups in total. The molecule has 0 unspecified atom stereocenters. The number of fused-ring (bicyclic) bond motifs is 2. The van der Waals surface area contributed by atoms with Crippen LogP contribution in [-0.2, 0) is 20.8 Å². The van der Waals surface area contributed by atoms with Crippen molar-refractivity contribution in [3.05, 3.63) is 47.7 Å². The summed E-state index contributed by atoms with van der Waals surface area (Å²) < 4.78 is 23.3. The van der Waals surface area contributed by atoms with E-state index in [1.165, 1.54) is 4.90 Å². The van der Waals surface area contributed by atoms with Gasteiger partial charge < -0.3 is 28.7 Å². The van der Waals surface area contributed by atoms with Gasteiger partial charge in [-0.1, -0.05) is 12.1 Å². The van der Waals surface area contributed by atoms with Crippen molar-refractivity contribution in [3.63, 3.8) is 0 Å². The molecule has 0 bridgehead atoms. The highest BCUT2D eigenvalue weighted by Gasteiger charge is 2.34. The van der Waals surface area contributed by atoms with Gasteiger partial charge in [-0.15, -0.1) is 0 Å². The second kappa shape index (κ2) is 10.6. The van der Waals surface area contributed by atoms with Gasteiger partial charge in [0.1, 0.15) is 23.6 Å². The van der Waals surface area contributed by atoms with Gasteiger partial charge in [0, 0.05) is 38.1 Å². The average molecular weight is 551 g/mol. The molecule has 0 spiro atoms. The van der Waals surface area contributed by atoms with Crippen LogP contribution in [0.5, 0.6) is 5.75 Å². The van der Waals surface area contributed by atoms with Crippen molar-refractivity contribution in [3.8, 4) is 5.75 Å². The summed E-state index contributed by atoms with van der Waals surface area (Å²) in [5.41, 5.74) is 2.94. The van der Waals surface area contributed by atoms with Crippen LogP contribution in [0.25, 0.3) is 5.57 Å². The van der Waals surface area contributed by atoms with Crippen molar-refractivity contribution >= 4 is 35.0 Å². The van der Waals surface area contributed by atoms with Gasteiger partial charge in [0.25, 0.3) is 0 Å². The Hall–Kier alpha value is -3.79. The second-order valence-corrected chi connectivity index (χ2v) is 12.1. The molecular weight excluding hydrogens is 512 g/mol. The minimum Gasteiger partial charge on any atom is -0.486 e. The van der Waals surface area contributed by atoms with E-state index >= 15 is 0 Å². The van der Waals surface area contributed by atoms with Crippen LogP contribution in [0.15, 0.2) is 36.5 Å². The summed E-state index contributed by atoms with van der Waals surface area (Å²) in [5.74, 6) is 1.02. The van der Waals surface area contributed by atoms with Crippen molar-refractivity contribution in [2.45, 2.75) is 59.4 Å². The number of hydrogen-bond donors (Lipinski definition) is 0. The van der Waals surface area contributed by atoms with Crippen molar-refractivity contribution in [2.75, 3.05) is 49.2 Å². The van der Waals surface area contributed by atoms with Gasteiger partial charge in [-0.05, 0) is 70.9 Å². The van der Waals surface area contributed by atoms with E-state index in [4.69, 9.17) is 18.9 Å². The number of pyridine rings is 1. The number of rotatable bonds is 2. The Balaban J connectivity index is 1.48. The Morgan fingerprint density at radius 3 is 2.33 bits per heavy atom. The number of carbonyl (C=O) groups excluding carboxylic acids is 2. The summed E-state index contributed by atoms with van der Waals surface area (Å²) in [5, 5.41) is 0. The molecule has 2 aromatic rings. The van der Waals surface area contributed by atoms with Crippen LogP contribution in [0.1, 0.15) is 52.7 Å². The summed E-state index contributed by atoms with van der Waals surface area (Å²) in [4.78, 5) is 36.3. The Morgan fingerprint density at radius 1 is 0.925 bits per heavy atom. The van der Waals surface area contributed by atoms with Crippen LogP contribution in [0, 0.1) is 0 Å². The van der Waals surface area contributed by atoms with Crippen LogP contribution >= 0.6 is 0 Å². The molecule has 10 heteroatoms. The summed E-state index contributed by atoms with van der Waals surface area (Å²) in [6, 6.07) is 7.65. The molecule has 10 nitrogen and oxygen atoms in total. The minimum atomic E-state index is -0.702. The summed E-state index contributed by atoms with van der Waals surface area (Å²) in [7, 11) is 0. The lowest BCUT2D eigenvalue weighted by Gasteiger charge is -2.32. The average Bonchev–Trinajstić information content (AvgIpc) is 3.31. The highest BCUT2D eigenvalue weighted by molar-refractivity contribution is 5.99. The fourth-order valence-electron chi connectivity index (χ4n) is 4.90. The number of morpholine rings is 1. The predicted molar refractivity (Wildman–Crippen MR) is 152 cm³/mol. The van der Waals surface area contributed by atoms with Gasteiger partial charge in [0.15, 0.2) is 5.82 Å². The number of benzene rings is 1. The summed E-state index contributed by atoms with van der Waals surface area (Å²) >= 11 is 0. The summed E-state index contributed by atoms with van der Waals surface area (Å²) in [6.45, 7) is 14.9. The third kappa shape index (κ3) is 6.01. The van der Waals surface area contributed by atoms with Gasteiger partial charge in [0.2, 0.25) is 0 Å². The van der Waals surface area contributed by atoms with Crippen LogP contribution < -0.4 is 14.5 Å². The van der Waals surface area contributed by atoms with Crippen molar-refractivity contribution in [1.29, 1.82) is 0 Å². The summed E-state index contributed by atoms with van der Waals surface area (Å²) in [6.07, 6.45) is 2.85. The minimum absolute atomic E-state index is 0.231. The molecule has 1 saturated heterocycles. The lowest BCUT2D eigenvalue weighted by atomic mass is 10.1. The molecule has 4 heterocycles. The number of aromatic nitrogens is 1. The number of carbonyl (C=O) groups is 2. The topological polar surface area (TPSA) is 93.7 Å². The molecule has 3 aliphatic rings. The molecule has 1 aromatic carbocycles. The third-order valence-corrected chi connectivity index (χ3v) is 6.66. The normalized spacial score (nSPS) is 17.4. The molecule has 3 aliphatic heterocycles. The van der Waals surface area contributed by atoms with Gasteiger partial charge in [-0.2, -0.15) is 0 Å². The van der Waals surface area contributed by atoms with Gasteiger partial charge in [-0.3, -0.25) is 0 Å². The van der Waals surface area contributed by atoms with Crippen molar-refractivity contribution in [1.82, 2.24) is 9.88 Å². The largest absolute Gasteiger partial charge is 0.486 e. The van der Waals surface area contributed by atoms with E-state index in [1.807, 2.05) is 71.9 Å². The zero-order valence-electron chi connectivity index (χ0n) is 24.2. The number of amides is 2. The van der Waals surface area contributed by atoms with Crippen LogP contribution in [0.4, 0.5) is 26.8 Å². The number of hydrogen-bond acceptors (Lipinski definition) is 8. The standard InChI is InChI=1S/C30H38N4O6/c1-29(2,3)39-27(35)33-12-10-21(18-33)20-7-8-24-25(17-20)38-19-22-23(32-13-15-37-16-14-32)9-11-31-26(22)34(24)28(36)40-30(4,5)6/h7-11,17H,12-16,18-19H2,1-6H3. The molecule has 0 atom stereocenters. The number of anilines is 3. The SMILES string of the molecule is CC(C)(C)OC(=O)N1CC=C(c2ccc3c(c2)OCc2c(N4CCOCC4)ccnc2N3C(=O)OC(C)(C)C)C1. The lowest BCUT2D eigenvalue weighted by molar-refractivity contribution is 0.0306. The van der Waals surface area contributed by atoms with Crippen molar-refractivity contribution < 1.29 is 28.5 Å². The molecule has 0 aliphatic carbocycles. The second-order valence-electron chi connectivity index (χ2n) is 12.1. The molecule has 2 amide bonds. The number of nitrogens with zero attached hydrogens (tertiary/aromatic N) is 4. The maximum absolute atomic E-state index is 13.7. The Morgan fingerprint density at radius 2 is 1.62 bits per heavy atom. The van der Waals surface area contributed by atoms with Crippen LogP contribution in [0.3, 0.4) is 0 Å². The van der Waals surface area contributed by atoms with Gasteiger partial charge >= 0.3 is 12.2 Å². The van der Waals surface area contributed by atoms with Gasteiger partial charge in [-0.25, -0.2) is 19.5 Å². The molecular formula is C30H38N4O6. The monoisotopic (exact) mass is 550 g/mol. The fourth-order valence-corrected chi connectivity index (χ4v) is 4.90. The van der Waals surface area contributed by atoms with E-state index < -0.39 is 17.3 Å². The zero-order chi connectivity index (χ0) is 28.7. The first kappa shape index (κ1) is 27.8. The molecule has 1 fully saturated rings. The quantitative estimate of drug-likeness (QED) is 0.483. The molecule has 0 radical (unpaired) electrons.